The fourth-order valence-electron chi connectivity index (χ4n) is 0.859. The molecule has 0 heterocycles. The van der Waals surface area contributed by atoms with Gasteiger partial charge in [-0.1, -0.05) is 27.7 Å². The third-order valence-corrected chi connectivity index (χ3v) is 2.93. The van der Waals surface area contributed by atoms with Crippen LogP contribution in [0.2, 0.25) is 0 Å². The van der Waals surface area contributed by atoms with Crippen molar-refractivity contribution in [1.82, 2.24) is 4.31 Å². The third kappa shape index (κ3) is 4.18. The van der Waals surface area contributed by atoms with E-state index < -0.39 is 11.3 Å². The molecule has 74 valence electrons. The number of hydrogen-bond donors (Lipinski definition) is 0. The monoisotopic (exact) mass is 192 g/mol. The first-order valence-electron chi connectivity index (χ1n) is 4.27. The van der Waals surface area contributed by atoms with Gasteiger partial charge in [0.05, 0.1) is 0 Å². The van der Waals surface area contributed by atoms with Gasteiger partial charge in [-0.05, 0) is 11.8 Å². The highest BCUT2D eigenvalue weighted by molar-refractivity contribution is 7.76. The highest BCUT2D eigenvalue weighted by atomic mass is 32.2. The van der Waals surface area contributed by atoms with Gasteiger partial charge in [-0.15, -0.1) is 0 Å². The van der Waals surface area contributed by atoms with Crippen molar-refractivity contribution in [3.63, 3.8) is 0 Å². The largest absolute Gasteiger partial charge is 0.760 e. The molecule has 12 heavy (non-hydrogen) atoms. The van der Waals surface area contributed by atoms with Crippen LogP contribution in [0, 0.1) is 5.41 Å². The minimum atomic E-state index is -2.07. The van der Waals surface area contributed by atoms with E-state index in [0.29, 0.717) is 13.1 Å². The molecule has 0 aliphatic rings. The van der Waals surface area contributed by atoms with E-state index in [4.69, 9.17) is 0 Å². The van der Waals surface area contributed by atoms with Gasteiger partial charge >= 0.3 is 0 Å². The quantitative estimate of drug-likeness (QED) is 0.620. The van der Waals surface area contributed by atoms with E-state index in [2.05, 4.69) is 20.8 Å². The van der Waals surface area contributed by atoms with Gasteiger partial charge in [0, 0.05) is 24.4 Å². The Morgan fingerprint density at radius 2 is 1.92 bits per heavy atom. The summed E-state index contributed by atoms with van der Waals surface area (Å²) in [5.74, 6) is 0. The molecule has 0 N–H and O–H groups in total. The molecular weight excluding hydrogens is 174 g/mol. The molecule has 0 radical (unpaired) electrons. The Morgan fingerprint density at radius 3 is 2.17 bits per heavy atom. The van der Waals surface area contributed by atoms with Crippen LogP contribution in [-0.4, -0.2) is 26.2 Å². The van der Waals surface area contributed by atoms with E-state index in [-0.39, 0.29) is 5.41 Å². The number of hydrogen-bond acceptors (Lipinski definition) is 2. The van der Waals surface area contributed by atoms with Gasteiger partial charge in [-0.3, -0.25) is 4.21 Å². The van der Waals surface area contributed by atoms with Crippen molar-refractivity contribution in [2.75, 3.05) is 13.1 Å². The van der Waals surface area contributed by atoms with E-state index in [0.717, 1.165) is 6.42 Å². The first-order chi connectivity index (χ1) is 5.43. The number of nitrogens with zero attached hydrogens (tertiary/aromatic N) is 1. The van der Waals surface area contributed by atoms with Crippen molar-refractivity contribution >= 4 is 11.3 Å². The Kier molecular flexibility index (Phi) is 4.97. The summed E-state index contributed by atoms with van der Waals surface area (Å²) in [4.78, 5) is 0. The van der Waals surface area contributed by atoms with Gasteiger partial charge in [0.1, 0.15) is 0 Å². The summed E-state index contributed by atoms with van der Waals surface area (Å²) in [7, 11) is 0. The zero-order valence-electron chi connectivity index (χ0n) is 8.29. The fourth-order valence-corrected chi connectivity index (χ4v) is 1.52. The Morgan fingerprint density at radius 1 is 1.42 bits per heavy atom. The smallest absolute Gasteiger partial charge is 0.0209 e. The molecule has 0 aliphatic carbocycles. The summed E-state index contributed by atoms with van der Waals surface area (Å²) in [6, 6.07) is 0. The molecule has 0 aromatic heterocycles. The standard InChI is InChI=1S/C8H19NO2S/c1-5-8(3,4)7-9(6-2)12(10)11/h5-7H2,1-4H3,(H,10,11)/p-1. The van der Waals surface area contributed by atoms with Crippen LogP contribution in [0.15, 0.2) is 0 Å². The van der Waals surface area contributed by atoms with Gasteiger partial charge in [-0.2, -0.15) is 0 Å². The lowest BCUT2D eigenvalue weighted by molar-refractivity contribution is 0.252. The lowest BCUT2D eigenvalue weighted by Crippen LogP contribution is -2.35. The van der Waals surface area contributed by atoms with Crippen LogP contribution in [0.1, 0.15) is 34.1 Å². The van der Waals surface area contributed by atoms with E-state index in [1.165, 1.54) is 4.31 Å². The molecule has 1 atom stereocenters. The summed E-state index contributed by atoms with van der Waals surface area (Å²) >= 11 is -2.07. The highest BCUT2D eigenvalue weighted by Crippen LogP contribution is 2.21. The van der Waals surface area contributed by atoms with Crippen LogP contribution in [0.5, 0.6) is 0 Å². The normalized spacial score (nSPS) is 15.2. The zero-order valence-corrected chi connectivity index (χ0v) is 9.11. The second-order valence-corrected chi connectivity index (χ2v) is 4.64. The molecule has 0 amide bonds. The average Bonchev–Trinajstić information content (AvgIpc) is 2.00. The molecule has 4 heteroatoms. The second kappa shape index (κ2) is 4.94. The van der Waals surface area contributed by atoms with Crippen LogP contribution in [0.3, 0.4) is 0 Å². The Balaban J connectivity index is 4.11. The lowest BCUT2D eigenvalue weighted by atomic mass is 9.90. The molecule has 0 aliphatic heterocycles. The molecule has 3 nitrogen and oxygen atoms in total. The minimum absolute atomic E-state index is 0.0794. The van der Waals surface area contributed by atoms with E-state index in [9.17, 15) is 8.76 Å². The van der Waals surface area contributed by atoms with Gasteiger partial charge in [-0.25, -0.2) is 4.31 Å². The molecule has 0 aromatic rings. The van der Waals surface area contributed by atoms with Crippen molar-refractivity contribution in [2.24, 2.45) is 5.41 Å². The molecular formula is C8H18NO2S-. The molecule has 0 fully saturated rings. The average molecular weight is 192 g/mol. The van der Waals surface area contributed by atoms with E-state index in [1.54, 1.807) is 0 Å². The van der Waals surface area contributed by atoms with Crippen LogP contribution in [0.25, 0.3) is 0 Å². The second-order valence-electron chi connectivity index (χ2n) is 3.69. The maximum atomic E-state index is 10.7. The van der Waals surface area contributed by atoms with Gasteiger partial charge in [0.2, 0.25) is 0 Å². The maximum absolute atomic E-state index is 10.7. The van der Waals surface area contributed by atoms with Crippen molar-refractivity contribution < 1.29 is 8.76 Å². The summed E-state index contributed by atoms with van der Waals surface area (Å²) in [6.45, 7) is 9.23. The number of rotatable bonds is 5. The van der Waals surface area contributed by atoms with Crippen molar-refractivity contribution in [3.8, 4) is 0 Å². The summed E-state index contributed by atoms with van der Waals surface area (Å²) in [6.07, 6.45) is 0.987. The minimum Gasteiger partial charge on any atom is -0.760 e. The Hall–Kier alpha value is 0.0700. The van der Waals surface area contributed by atoms with Crippen LogP contribution in [0.4, 0.5) is 0 Å². The topological polar surface area (TPSA) is 43.4 Å². The Labute approximate surface area is 77.6 Å². The molecule has 0 bridgehead atoms. The van der Waals surface area contributed by atoms with Gasteiger partial charge < -0.3 is 4.55 Å². The van der Waals surface area contributed by atoms with Crippen molar-refractivity contribution in [3.05, 3.63) is 0 Å². The van der Waals surface area contributed by atoms with Crippen molar-refractivity contribution in [1.29, 1.82) is 0 Å². The highest BCUT2D eigenvalue weighted by Gasteiger charge is 2.18. The van der Waals surface area contributed by atoms with E-state index in [1.807, 2.05) is 6.92 Å². The summed E-state index contributed by atoms with van der Waals surface area (Å²) < 4.78 is 22.7. The lowest BCUT2D eigenvalue weighted by Gasteiger charge is -2.31. The molecule has 0 saturated heterocycles. The Bertz CT molecular complexity index is 159. The SMILES string of the molecule is CCN(CC(C)(C)CC)S(=O)[O-]. The zero-order chi connectivity index (χ0) is 9.78. The first kappa shape index (κ1) is 12.1. The molecule has 1 unspecified atom stereocenters. The van der Waals surface area contributed by atoms with Crippen molar-refractivity contribution in [2.45, 2.75) is 34.1 Å². The molecule has 0 aromatic carbocycles. The molecule has 0 saturated carbocycles. The predicted octanol–water partition coefficient (Wildman–Crippen LogP) is 1.54. The fraction of sp³-hybridized carbons (Fsp3) is 1.00. The van der Waals surface area contributed by atoms with E-state index >= 15 is 0 Å². The van der Waals surface area contributed by atoms with Gasteiger partial charge in [0.25, 0.3) is 0 Å². The first-order valence-corrected chi connectivity index (χ1v) is 5.30. The van der Waals surface area contributed by atoms with Crippen LogP contribution in [-0.2, 0) is 11.3 Å². The van der Waals surface area contributed by atoms with Gasteiger partial charge in [0.15, 0.2) is 0 Å². The van der Waals surface area contributed by atoms with Crippen LogP contribution < -0.4 is 0 Å². The van der Waals surface area contributed by atoms with Crippen LogP contribution >= 0.6 is 0 Å². The molecule has 0 spiro atoms. The third-order valence-electron chi connectivity index (χ3n) is 2.13. The summed E-state index contributed by atoms with van der Waals surface area (Å²) in [5, 5.41) is 0. The molecule has 0 rings (SSSR count). The summed E-state index contributed by atoms with van der Waals surface area (Å²) in [5.41, 5.74) is 0.0794. The predicted molar refractivity (Wildman–Crippen MR) is 50.2 cm³/mol. The maximum Gasteiger partial charge on any atom is 0.0209 e.